The van der Waals surface area contributed by atoms with Gasteiger partial charge < -0.3 is 10.1 Å². The fourth-order valence-corrected chi connectivity index (χ4v) is 3.42. The van der Waals surface area contributed by atoms with Crippen LogP contribution >= 0.6 is 0 Å². The van der Waals surface area contributed by atoms with Gasteiger partial charge in [0.15, 0.2) is 0 Å². The summed E-state index contributed by atoms with van der Waals surface area (Å²) in [5.74, 6) is -0.334. The number of rotatable bonds is 7. The third-order valence-electron chi connectivity index (χ3n) is 4.84. The van der Waals surface area contributed by atoms with Crippen LogP contribution in [0.1, 0.15) is 35.2 Å². The number of halogens is 3. The highest BCUT2D eigenvalue weighted by molar-refractivity contribution is 6.00. The van der Waals surface area contributed by atoms with E-state index in [-0.39, 0.29) is 19.1 Å². The average molecular weight is 398 g/mol. The van der Waals surface area contributed by atoms with E-state index in [1.54, 1.807) is 12.1 Å². The highest BCUT2D eigenvalue weighted by Gasteiger charge is 2.27. The Morgan fingerprint density at radius 2 is 2.00 bits per heavy atom. The average Bonchev–Trinajstić information content (AvgIpc) is 3.05. The van der Waals surface area contributed by atoms with Gasteiger partial charge in [-0.3, -0.25) is 14.4 Å². The Kier molecular flexibility index (Phi) is 6.56. The zero-order chi connectivity index (χ0) is 20.1. The number of likely N-dealkylation sites (tertiary alicyclic amines) is 1. The molecule has 0 radical (unpaired) electrons. The zero-order valence-electron chi connectivity index (χ0n) is 15.9. The molecule has 2 heterocycles. The predicted octanol–water partition coefficient (Wildman–Crippen LogP) is 3.10. The van der Waals surface area contributed by atoms with Gasteiger partial charge in [0.25, 0.3) is 5.91 Å². The lowest BCUT2D eigenvalue weighted by atomic mass is 10.0. The van der Waals surface area contributed by atoms with Crippen molar-refractivity contribution in [1.82, 2.24) is 20.0 Å². The number of aromatic nitrogens is 2. The van der Waals surface area contributed by atoms with Crippen molar-refractivity contribution in [1.29, 1.82) is 0 Å². The molecule has 0 spiro atoms. The molecule has 6 nitrogen and oxygen atoms in total. The van der Waals surface area contributed by atoms with Crippen LogP contribution in [-0.2, 0) is 11.4 Å². The van der Waals surface area contributed by atoms with Crippen LogP contribution in [0.4, 0.5) is 13.2 Å². The summed E-state index contributed by atoms with van der Waals surface area (Å²) in [5, 5.41) is 8.09. The minimum absolute atomic E-state index is 0.0145. The zero-order valence-corrected chi connectivity index (χ0v) is 15.9. The molecule has 0 bridgehead atoms. The molecule has 1 amide bonds. The van der Waals surface area contributed by atoms with E-state index in [1.165, 1.54) is 19.3 Å². The van der Waals surface area contributed by atoms with Crippen LogP contribution in [0.3, 0.4) is 0 Å². The van der Waals surface area contributed by atoms with Gasteiger partial charge in [-0.05, 0) is 50.6 Å². The monoisotopic (exact) mass is 398 g/mol. The maximum atomic E-state index is 12.4. The molecule has 28 heavy (non-hydrogen) atoms. The second-order valence-corrected chi connectivity index (χ2v) is 7.08. The van der Waals surface area contributed by atoms with Gasteiger partial charge in [0.05, 0.1) is 18.8 Å². The van der Waals surface area contributed by atoms with Crippen molar-refractivity contribution in [2.45, 2.75) is 39.0 Å². The minimum Gasteiger partial charge on any atom is -0.370 e. The molecule has 1 saturated heterocycles. The number of aryl methyl sites for hydroxylation is 1. The van der Waals surface area contributed by atoms with Crippen LogP contribution < -0.4 is 5.32 Å². The lowest BCUT2D eigenvalue weighted by Gasteiger charge is -2.25. The van der Waals surface area contributed by atoms with Gasteiger partial charge in [0.1, 0.15) is 6.61 Å². The number of nitrogens with zero attached hydrogens (tertiary/aromatic N) is 3. The van der Waals surface area contributed by atoms with E-state index in [1.807, 2.05) is 17.8 Å². The van der Waals surface area contributed by atoms with Gasteiger partial charge in [0.2, 0.25) is 0 Å². The molecule has 1 N–H and O–H groups in total. The first-order valence-corrected chi connectivity index (χ1v) is 9.45. The van der Waals surface area contributed by atoms with E-state index in [0.29, 0.717) is 5.56 Å². The molecule has 0 aliphatic carbocycles. The number of carbonyl (C=O) groups is 1. The molecule has 0 saturated carbocycles. The minimum atomic E-state index is -4.36. The van der Waals surface area contributed by atoms with Gasteiger partial charge in [-0.1, -0.05) is 6.42 Å². The third kappa shape index (κ3) is 5.45. The van der Waals surface area contributed by atoms with E-state index in [4.69, 9.17) is 0 Å². The molecule has 1 aromatic carbocycles. The first-order valence-electron chi connectivity index (χ1n) is 9.45. The predicted molar refractivity (Wildman–Crippen MR) is 99.1 cm³/mol. The number of hydrogen-bond acceptors (Lipinski definition) is 4. The molecule has 1 fully saturated rings. The van der Waals surface area contributed by atoms with Gasteiger partial charge >= 0.3 is 6.18 Å². The largest absolute Gasteiger partial charge is 0.411 e. The SMILES string of the molecule is Cc1c(C(=O)NCCOCC(F)(F)F)ccc2nn(CN3CCCCC3)cc12. The number of alkyl halides is 3. The fraction of sp³-hybridized carbons (Fsp3) is 0.579. The Labute approximate surface area is 161 Å². The quantitative estimate of drug-likeness (QED) is 0.729. The Hall–Kier alpha value is -2.13. The number of hydrogen-bond donors (Lipinski definition) is 1. The van der Waals surface area contributed by atoms with Gasteiger partial charge in [-0.2, -0.15) is 18.3 Å². The number of carbonyl (C=O) groups excluding carboxylic acids is 1. The Balaban J connectivity index is 1.60. The van der Waals surface area contributed by atoms with Crippen molar-refractivity contribution in [3.05, 3.63) is 29.5 Å². The van der Waals surface area contributed by atoms with Gasteiger partial charge in [0, 0.05) is 23.7 Å². The number of piperidine rings is 1. The number of amides is 1. The standard InChI is InChI=1S/C19H25F3N4O2/c1-14-15(18(27)23-7-10-28-12-19(20,21)22)5-6-17-16(14)11-26(24-17)13-25-8-3-2-4-9-25/h5-6,11H,2-4,7-10,12-13H2,1H3,(H,23,27). The fourth-order valence-electron chi connectivity index (χ4n) is 3.42. The second-order valence-electron chi connectivity index (χ2n) is 7.08. The van der Waals surface area contributed by atoms with E-state index in [9.17, 15) is 18.0 Å². The summed E-state index contributed by atoms with van der Waals surface area (Å²) in [5.41, 5.74) is 2.11. The molecule has 1 aliphatic heterocycles. The van der Waals surface area contributed by atoms with Crippen LogP contribution in [0.2, 0.25) is 0 Å². The summed E-state index contributed by atoms with van der Waals surface area (Å²) in [6, 6.07) is 3.49. The summed E-state index contributed by atoms with van der Waals surface area (Å²) in [7, 11) is 0. The van der Waals surface area contributed by atoms with E-state index in [0.717, 1.165) is 36.2 Å². The van der Waals surface area contributed by atoms with Gasteiger partial charge in [-0.25, -0.2) is 0 Å². The maximum Gasteiger partial charge on any atom is 0.411 e. The topological polar surface area (TPSA) is 59.4 Å². The van der Waals surface area contributed by atoms with E-state index >= 15 is 0 Å². The first-order chi connectivity index (χ1) is 13.3. The second kappa shape index (κ2) is 8.91. The molecule has 1 aliphatic rings. The molecule has 0 atom stereocenters. The van der Waals surface area contributed by atoms with Crippen molar-refractivity contribution in [2.24, 2.45) is 0 Å². The summed E-state index contributed by atoms with van der Waals surface area (Å²) in [6.07, 6.45) is 1.27. The maximum absolute atomic E-state index is 12.4. The lowest BCUT2D eigenvalue weighted by molar-refractivity contribution is -0.173. The summed E-state index contributed by atoms with van der Waals surface area (Å²) < 4.78 is 42.5. The van der Waals surface area contributed by atoms with Gasteiger partial charge in [-0.15, -0.1) is 0 Å². The first kappa shape index (κ1) is 20.6. The molecule has 1 aromatic heterocycles. The third-order valence-corrected chi connectivity index (χ3v) is 4.84. The normalized spacial score (nSPS) is 15.9. The van der Waals surface area contributed by atoms with Crippen LogP contribution in [-0.4, -0.2) is 59.6 Å². The van der Waals surface area contributed by atoms with Crippen LogP contribution in [0.5, 0.6) is 0 Å². The molecule has 3 rings (SSSR count). The Morgan fingerprint density at radius 1 is 1.25 bits per heavy atom. The lowest BCUT2D eigenvalue weighted by Crippen LogP contribution is -2.31. The molecule has 2 aromatic rings. The number of benzene rings is 1. The Bertz CT molecular complexity index is 813. The highest BCUT2D eigenvalue weighted by Crippen LogP contribution is 2.22. The summed E-state index contributed by atoms with van der Waals surface area (Å²) >= 11 is 0. The van der Waals surface area contributed by atoms with Crippen LogP contribution in [0.15, 0.2) is 18.3 Å². The number of ether oxygens (including phenoxy) is 1. The van der Waals surface area contributed by atoms with Crippen molar-refractivity contribution in [3.8, 4) is 0 Å². The Morgan fingerprint density at radius 3 is 2.71 bits per heavy atom. The number of nitrogens with one attached hydrogen (secondary N) is 1. The molecule has 154 valence electrons. The smallest absolute Gasteiger partial charge is 0.370 e. The van der Waals surface area contributed by atoms with Crippen molar-refractivity contribution >= 4 is 16.8 Å². The van der Waals surface area contributed by atoms with Crippen molar-refractivity contribution in [3.63, 3.8) is 0 Å². The van der Waals surface area contributed by atoms with Crippen LogP contribution in [0.25, 0.3) is 10.9 Å². The summed E-state index contributed by atoms with van der Waals surface area (Å²) in [4.78, 5) is 14.7. The van der Waals surface area contributed by atoms with Crippen molar-refractivity contribution in [2.75, 3.05) is 32.8 Å². The summed E-state index contributed by atoms with van der Waals surface area (Å²) in [6.45, 7) is 3.22. The molecular formula is C19H25F3N4O2. The number of fused-ring (bicyclic) bond motifs is 1. The highest BCUT2D eigenvalue weighted by atomic mass is 19.4. The van der Waals surface area contributed by atoms with E-state index < -0.39 is 12.8 Å². The molecule has 0 unspecified atom stereocenters. The molecule has 9 heteroatoms. The van der Waals surface area contributed by atoms with Crippen LogP contribution in [0, 0.1) is 6.92 Å². The van der Waals surface area contributed by atoms with Crippen molar-refractivity contribution < 1.29 is 22.7 Å². The van der Waals surface area contributed by atoms with E-state index in [2.05, 4.69) is 20.1 Å². The molecular weight excluding hydrogens is 373 g/mol.